The average Bonchev–Trinajstić information content (AvgIpc) is 2.57. The predicted octanol–water partition coefficient (Wildman–Crippen LogP) is 6.17. The van der Waals surface area contributed by atoms with Crippen molar-refractivity contribution in [2.45, 2.75) is 69.8 Å². The van der Waals surface area contributed by atoms with Crippen LogP contribution in [0.2, 0.25) is 0 Å². The Balaban J connectivity index is 2.40. The fourth-order valence-electron chi connectivity index (χ4n) is 4.40. The molecule has 2 fully saturated rings. The van der Waals surface area contributed by atoms with Crippen molar-refractivity contribution in [2.24, 2.45) is 11.8 Å². The first kappa shape index (κ1) is 17.6. The summed E-state index contributed by atoms with van der Waals surface area (Å²) in [5.41, 5.74) is -1.44. The molecule has 0 aromatic rings. The maximum absolute atomic E-state index is 14.7. The van der Waals surface area contributed by atoms with E-state index in [9.17, 15) is 13.2 Å². The van der Waals surface area contributed by atoms with Gasteiger partial charge in [0.05, 0.1) is 6.61 Å². The van der Waals surface area contributed by atoms with E-state index < -0.39 is 17.5 Å². The number of hydrogen-bond donors (Lipinski definition) is 0. The van der Waals surface area contributed by atoms with E-state index >= 15 is 0 Å². The van der Waals surface area contributed by atoms with Crippen molar-refractivity contribution < 1.29 is 17.9 Å². The molecule has 0 unspecified atom stereocenters. The molecule has 0 aromatic carbocycles. The maximum Gasteiger partial charge on any atom is 0.304 e. The van der Waals surface area contributed by atoms with Gasteiger partial charge in [-0.05, 0) is 37.5 Å². The molecule has 22 heavy (non-hydrogen) atoms. The molecule has 0 aliphatic heterocycles. The van der Waals surface area contributed by atoms with Crippen molar-refractivity contribution in [3.8, 4) is 0 Å². The summed E-state index contributed by atoms with van der Waals surface area (Å²) in [5, 5.41) is 0. The molecule has 2 aliphatic rings. The minimum absolute atomic E-state index is 0.119. The maximum atomic E-state index is 14.7. The lowest BCUT2D eigenvalue weighted by Crippen LogP contribution is -2.50. The molecule has 0 bridgehead atoms. The topological polar surface area (TPSA) is 9.23 Å². The molecule has 0 amide bonds. The second kappa shape index (κ2) is 8.19. The Labute approximate surface area is 131 Å². The van der Waals surface area contributed by atoms with E-state index in [1.54, 1.807) is 0 Å². The SMILES string of the molecule is C=CCOC(C(F)=C(F)F)(C1CCCCC1)C1CCCCC1. The summed E-state index contributed by atoms with van der Waals surface area (Å²) in [6.45, 7) is 3.73. The first-order chi connectivity index (χ1) is 10.6. The van der Waals surface area contributed by atoms with Crippen LogP contribution >= 0.6 is 0 Å². The van der Waals surface area contributed by atoms with E-state index in [0.717, 1.165) is 64.2 Å². The van der Waals surface area contributed by atoms with Gasteiger partial charge < -0.3 is 4.74 Å². The first-order valence-electron chi connectivity index (χ1n) is 8.59. The quantitative estimate of drug-likeness (QED) is 0.533. The van der Waals surface area contributed by atoms with Crippen molar-refractivity contribution in [3.05, 3.63) is 24.6 Å². The second-order valence-electron chi connectivity index (χ2n) is 6.64. The number of rotatable bonds is 6. The molecule has 2 saturated carbocycles. The smallest absolute Gasteiger partial charge is 0.304 e. The minimum Gasteiger partial charge on any atom is -0.363 e. The molecular formula is C18H27F3O. The zero-order valence-corrected chi connectivity index (χ0v) is 13.3. The van der Waals surface area contributed by atoms with Crippen molar-refractivity contribution in [3.63, 3.8) is 0 Å². The van der Waals surface area contributed by atoms with Crippen LogP contribution in [0.15, 0.2) is 24.6 Å². The molecule has 1 nitrogen and oxygen atoms in total. The highest BCUT2D eigenvalue weighted by atomic mass is 19.3. The zero-order chi connectivity index (χ0) is 16.0. The lowest BCUT2D eigenvalue weighted by Gasteiger charge is -2.47. The molecule has 0 radical (unpaired) electrons. The van der Waals surface area contributed by atoms with Crippen LogP contribution in [0.1, 0.15) is 64.2 Å². The van der Waals surface area contributed by atoms with Gasteiger partial charge in [0, 0.05) is 0 Å². The van der Waals surface area contributed by atoms with Gasteiger partial charge in [0.2, 0.25) is 0 Å². The van der Waals surface area contributed by atoms with E-state index in [2.05, 4.69) is 6.58 Å². The Morgan fingerprint density at radius 3 is 1.73 bits per heavy atom. The average molecular weight is 316 g/mol. The lowest BCUT2D eigenvalue weighted by atomic mass is 9.65. The van der Waals surface area contributed by atoms with E-state index in [-0.39, 0.29) is 18.4 Å². The van der Waals surface area contributed by atoms with E-state index in [4.69, 9.17) is 4.74 Å². The van der Waals surface area contributed by atoms with Crippen LogP contribution in [0.25, 0.3) is 0 Å². The third-order valence-corrected chi connectivity index (χ3v) is 5.37. The Morgan fingerprint density at radius 2 is 1.36 bits per heavy atom. The summed E-state index contributed by atoms with van der Waals surface area (Å²) in [6, 6.07) is 0. The standard InChI is InChI=1S/C18H27F3O/c1-2-13-22-18(16(19)17(20)21,14-9-5-3-6-10-14)15-11-7-4-8-12-15/h2,14-15H,1,3-13H2. The van der Waals surface area contributed by atoms with Crippen LogP contribution < -0.4 is 0 Å². The van der Waals surface area contributed by atoms with Gasteiger partial charge in [0.15, 0.2) is 5.83 Å². The summed E-state index contributed by atoms with van der Waals surface area (Å²) in [7, 11) is 0. The Kier molecular flexibility index (Phi) is 6.54. The van der Waals surface area contributed by atoms with Crippen molar-refractivity contribution in [1.82, 2.24) is 0 Å². The molecular weight excluding hydrogens is 289 g/mol. The molecule has 0 saturated heterocycles. The van der Waals surface area contributed by atoms with Gasteiger partial charge in [-0.3, -0.25) is 0 Å². The third-order valence-electron chi connectivity index (χ3n) is 5.37. The molecule has 0 spiro atoms. The highest BCUT2D eigenvalue weighted by molar-refractivity contribution is 5.17. The van der Waals surface area contributed by atoms with Crippen LogP contribution in [0.3, 0.4) is 0 Å². The van der Waals surface area contributed by atoms with Gasteiger partial charge in [-0.25, -0.2) is 4.39 Å². The van der Waals surface area contributed by atoms with E-state index in [1.165, 1.54) is 6.08 Å². The summed E-state index contributed by atoms with van der Waals surface area (Å²) in [6.07, 6.45) is 8.49. The Morgan fingerprint density at radius 1 is 0.909 bits per heavy atom. The van der Waals surface area contributed by atoms with Gasteiger partial charge in [0.25, 0.3) is 0 Å². The normalized spacial score (nSPS) is 21.6. The monoisotopic (exact) mass is 316 g/mol. The molecule has 126 valence electrons. The summed E-state index contributed by atoms with van der Waals surface area (Å²) >= 11 is 0. The van der Waals surface area contributed by atoms with Gasteiger partial charge in [-0.1, -0.05) is 44.6 Å². The van der Waals surface area contributed by atoms with Crippen molar-refractivity contribution >= 4 is 0 Å². The fraction of sp³-hybridized carbons (Fsp3) is 0.778. The first-order valence-corrected chi connectivity index (χ1v) is 8.59. The lowest BCUT2D eigenvalue weighted by molar-refractivity contribution is -0.122. The predicted molar refractivity (Wildman–Crippen MR) is 82.4 cm³/mol. The number of hydrogen-bond acceptors (Lipinski definition) is 1. The third kappa shape index (κ3) is 3.58. The molecule has 4 heteroatoms. The minimum atomic E-state index is -2.21. The Bertz CT molecular complexity index is 371. The van der Waals surface area contributed by atoms with Gasteiger partial charge in [0.1, 0.15) is 5.60 Å². The molecule has 0 heterocycles. The van der Waals surface area contributed by atoms with Crippen LogP contribution in [0.5, 0.6) is 0 Å². The molecule has 0 N–H and O–H groups in total. The van der Waals surface area contributed by atoms with Crippen LogP contribution in [0.4, 0.5) is 13.2 Å². The van der Waals surface area contributed by atoms with Crippen molar-refractivity contribution in [2.75, 3.05) is 6.61 Å². The fourth-order valence-corrected chi connectivity index (χ4v) is 4.40. The molecule has 0 atom stereocenters. The summed E-state index contributed by atoms with van der Waals surface area (Å²) < 4.78 is 47.1. The highest BCUT2D eigenvalue weighted by Crippen LogP contribution is 2.50. The Hall–Kier alpha value is -0.770. The van der Waals surface area contributed by atoms with E-state index in [1.807, 2.05) is 0 Å². The molecule has 2 aliphatic carbocycles. The number of ether oxygens (including phenoxy) is 1. The summed E-state index contributed by atoms with van der Waals surface area (Å²) in [5.74, 6) is -1.61. The van der Waals surface area contributed by atoms with Crippen molar-refractivity contribution in [1.29, 1.82) is 0 Å². The summed E-state index contributed by atoms with van der Waals surface area (Å²) in [4.78, 5) is 0. The zero-order valence-electron chi connectivity index (χ0n) is 13.3. The number of halogens is 3. The second-order valence-corrected chi connectivity index (χ2v) is 6.64. The van der Waals surface area contributed by atoms with E-state index in [0.29, 0.717) is 0 Å². The van der Waals surface area contributed by atoms with Gasteiger partial charge in [-0.2, -0.15) is 8.78 Å². The molecule has 0 aromatic heterocycles. The largest absolute Gasteiger partial charge is 0.363 e. The van der Waals surface area contributed by atoms with Crippen LogP contribution in [-0.4, -0.2) is 12.2 Å². The molecule has 2 rings (SSSR count). The van der Waals surface area contributed by atoms with Crippen LogP contribution in [0, 0.1) is 11.8 Å². The van der Waals surface area contributed by atoms with Crippen LogP contribution in [-0.2, 0) is 4.74 Å². The highest BCUT2D eigenvalue weighted by Gasteiger charge is 2.52. The van der Waals surface area contributed by atoms with Gasteiger partial charge >= 0.3 is 6.08 Å². The van der Waals surface area contributed by atoms with Gasteiger partial charge in [-0.15, -0.1) is 6.58 Å².